The van der Waals surface area contributed by atoms with Gasteiger partial charge in [0.2, 0.25) is 5.90 Å². The molecule has 0 aliphatic rings. The van der Waals surface area contributed by atoms with E-state index in [1.54, 1.807) is 0 Å². The lowest BCUT2D eigenvalue weighted by Crippen LogP contribution is -2.21. The zero-order chi connectivity index (χ0) is 13.8. The Kier molecular flexibility index (Phi) is 5.51. The lowest BCUT2D eigenvalue weighted by molar-refractivity contribution is 0.340. The second-order valence-corrected chi connectivity index (χ2v) is 6.17. The van der Waals surface area contributed by atoms with Gasteiger partial charge in [0.25, 0.3) is 3.79 Å². The molecule has 0 amide bonds. The van der Waals surface area contributed by atoms with Crippen LogP contribution in [0.5, 0.6) is 0 Å². The Morgan fingerprint density at radius 1 is 1.28 bits per heavy atom. The fourth-order valence-corrected chi connectivity index (χ4v) is 1.43. The summed E-state index contributed by atoms with van der Waals surface area (Å²) in [7, 11) is 0. The van der Waals surface area contributed by atoms with Crippen LogP contribution in [0.3, 0.4) is 0 Å². The number of hydrogen-bond acceptors (Lipinski definition) is 2. The third kappa shape index (κ3) is 4.89. The minimum atomic E-state index is -1.80. The molecule has 98 valence electrons. The minimum Gasteiger partial charge on any atom is -0.474 e. The topological polar surface area (TPSA) is 33.1 Å². The Morgan fingerprint density at radius 3 is 2.33 bits per heavy atom. The largest absolute Gasteiger partial charge is 0.474 e. The molecular weight excluding hydrogens is 293 g/mol. The van der Waals surface area contributed by atoms with Gasteiger partial charge in [-0.3, -0.25) is 5.41 Å². The summed E-state index contributed by atoms with van der Waals surface area (Å²) in [5.41, 5.74) is 3.36. The predicted molar refractivity (Wildman–Crippen MR) is 78.8 cm³/mol. The van der Waals surface area contributed by atoms with Crippen LogP contribution in [0.1, 0.15) is 18.1 Å². The Balaban J connectivity index is 2.58. The van der Waals surface area contributed by atoms with Gasteiger partial charge in [-0.1, -0.05) is 64.6 Å². The van der Waals surface area contributed by atoms with Gasteiger partial charge in [-0.05, 0) is 31.1 Å². The minimum absolute atomic E-state index is 0.201. The van der Waals surface area contributed by atoms with Crippen molar-refractivity contribution >= 4 is 46.3 Å². The number of hydrogen-bond donors (Lipinski definition) is 1. The molecular formula is C13H14Cl3NO. The first-order valence-corrected chi connectivity index (χ1v) is 6.46. The van der Waals surface area contributed by atoms with Gasteiger partial charge in [-0.15, -0.1) is 0 Å². The van der Waals surface area contributed by atoms with E-state index in [-0.39, 0.29) is 12.5 Å². The first-order chi connectivity index (χ1) is 8.30. The summed E-state index contributed by atoms with van der Waals surface area (Å²) in [6.07, 6.45) is 1.84. The zero-order valence-corrected chi connectivity index (χ0v) is 12.4. The molecule has 0 aliphatic heterocycles. The molecule has 1 rings (SSSR count). The number of halogens is 3. The van der Waals surface area contributed by atoms with Crippen LogP contribution >= 0.6 is 34.8 Å². The molecule has 0 atom stereocenters. The SMILES string of the molecule is C/C(=C\COC(=N)C(Cl)(Cl)Cl)c1ccc(C)cc1. The highest BCUT2D eigenvalue weighted by atomic mass is 35.6. The third-order valence-corrected chi connectivity index (χ3v) is 2.90. The van der Waals surface area contributed by atoms with E-state index >= 15 is 0 Å². The Morgan fingerprint density at radius 2 is 1.83 bits per heavy atom. The Hall–Kier alpha value is -0.700. The number of rotatable bonds is 3. The third-order valence-electron chi connectivity index (χ3n) is 2.38. The van der Waals surface area contributed by atoms with Crippen molar-refractivity contribution in [1.82, 2.24) is 0 Å². The van der Waals surface area contributed by atoms with Gasteiger partial charge >= 0.3 is 0 Å². The van der Waals surface area contributed by atoms with E-state index in [9.17, 15) is 0 Å². The summed E-state index contributed by atoms with van der Waals surface area (Å²) in [6.45, 7) is 4.20. The Bertz CT molecular complexity index is 446. The molecule has 1 N–H and O–H groups in total. The van der Waals surface area contributed by atoms with Gasteiger partial charge in [-0.2, -0.15) is 0 Å². The van der Waals surface area contributed by atoms with Crippen molar-refractivity contribution in [3.05, 3.63) is 41.5 Å². The summed E-state index contributed by atoms with van der Waals surface area (Å²) in [4.78, 5) is 0. The van der Waals surface area contributed by atoms with Crippen molar-refractivity contribution in [3.8, 4) is 0 Å². The summed E-state index contributed by atoms with van der Waals surface area (Å²) < 4.78 is 3.23. The number of aryl methyl sites for hydroxylation is 1. The smallest absolute Gasteiger partial charge is 0.265 e. The van der Waals surface area contributed by atoms with E-state index in [1.807, 2.05) is 44.2 Å². The monoisotopic (exact) mass is 305 g/mol. The van der Waals surface area contributed by atoms with Crippen LogP contribution in [0.2, 0.25) is 0 Å². The molecule has 0 aromatic heterocycles. The molecule has 0 spiro atoms. The van der Waals surface area contributed by atoms with E-state index in [0.717, 1.165) is 11.1 Å². The fraction of sp³-hybridized carbons (Fsp3) is 0.308. The lowest BCUT2D eigenvalue weighted by atomic mass is 10.1. The molecule has 1 aromatic rings. The Labute approximate surface area is 122 Å². The lowest BCUT2D eigenvalue weighted by Gasteiger charge is -2.12. The van der Waals surface area contributed by atoms with Crippen LogP contribution in [0.4, 0.5) is 0 Å². The van der Waals surface area contributed by atoms with Gasteiger partial charge in [0.1, 0.15) is 6.61 Å². The summed E-state index contributed by atoms with van der Waals surface area (Å²) in [6, 6.07) is 8.14. The highest BCUT2D eigenvalue weighted by Crippen LogP contribution is 2.27. The van der Waals surface area contributed by atoms with E-state index in [1.165, 1.54) is 5.56 Å². The van der Waals surface area contributed by atoms with Crippen molar-refractivity contribution in [2.45, 2.75) is 17.6 Å². The van der Waals surface area contributed by atoms with Gasteiger partial charge < -0.3 is 4.74 Å². The van der Waals surface area contributed by atoms with E-state index in [4.69, 9.17) is 44.9 Å². The molecule has 0 aliphatic carbocycles. The number of ether oxygens (including phenoxy) is 1. The maximum absolute atomic E-state index is 7.37. The van der Waals surface area contributed by atoms with Gasteiger partial charge in [-0.25, -0.2) is 0 Å². The number of alkyl halides is 3. The van der Waals surface area contributed by atoms with Gasteiger partial charge in [0.15, 0.2) is 0 Å². The van der Waals surface area contributed by atoms with Crippen molar-refractivity contribution in [2.75, 3.05) is 6.61 Å². The second kappa shape index (κ2) is 6.46. The highest BCUT2D eigenvalue weighted by molar-refractivity contribution is 6.76. The molecule has 0 bridgehead atoms. The molecule has 0 heterocycles. The maximum Gasteiger partial charge on any atom is 0.265 e. The second-order valence-electron chi connectivity index (χ2n) is 3.89. The molecule has 0 saturated heterocycles. The molecule has 0 radical (unpaired) electrons. The van der Waals surface area contributed by atoms with Crippen LogP contribution in [-0.4, -0.2) is 16.3 Å². The van der Waals surface area contributed by atoms with Crippen LogP contribution in [0.15, 0.2) is 30.3 Å². The molecule has 18 heavy (non-hydrogen) atoms. The molecule has 5 heteroatoms. The number of benzene rings is 1. The van der Waals surface area contributed by atoms with Crippen molar-refractivity contribution < 1.29 is 4.74 Å². The van der Waals surface area contributed by atoms with Crippen LogP contribution < -0.4 is 0 Å². The summed E-state index contributed by atoms with van der Waals surface area (Å²) in [5, 5.41) is 7.37. The van der Waals surface area contributed by atoms with Crippen molar-refractivity contribution in [3.63, 3.8) is 0 Å². The van der Waals surface area contributed by atoms with E-state index < -0.39 is 3.79 Å². The normalized spacial score (nSPS) is 12.4. The van der Waals surface area contributed by atoms with E-state index in [2.05, 4.69) is 0 Å². The summed E-state index contributed by atoms with van der Waals surface area (Å²) in [5.74, 6) is -0.375. The molecule has 2 nitrogen and oxygen atoms in total. The first kappa shape index (κ1) is 15.4. The molecule has 0 saturated carbocycles. The zero-order valence-electron chi connectivity index (χ0n) is 10.1. The maximum atomic E-state index is 7.37. The van der Waals surface area contributed by atoms with Crippen LogP contribution in [0, 0.1) is 12.3 Å². The van der Waals surface area contributed by atoms with Gasteiger partial charge in [0, 0.05) is 0 Å². The van der Waals surface area contributed by atoms with Crippen LogP contribution in [-0.2, 0) is 4.74 Å². The standard InChI is InChI=1S/C13H14Cl3NO/c1-9-3-5-11(6-4-9)10(2)7-8-18-12(17)13(14,15)16/h3-7,17H,8H2,1-2H3/b10-7+,17-12?. The van der Waals surface area contributed by atoms with Crippen LogP contribution in [0.25, 0.3) is 5.57 Å². The molecule has 1 aromatic carbocycles. The fourth-order valence-electron chi connectivity index (χ4n) is 1.27. The van der Waals surface area contributed by atoms with Crippen molar-refractivity contribution in [1.29, 1.82) is 5.41 Å². The average Bonchev–Trinajstić information content (AvgIpc) is 2.28. The number of allylic oxidation sites excluding steroid dienone is 1. The average molecular weight is 307 g/mol. The van der Waals surface area contributed by atoms with E-state index in [0.29, 0.717) is 0 Å². The quantitative estimate of drug-likeness (QED) is 0.487. The number of nitrogens with one attached hydrogen (secondary N) is 1. The first-order valence-electron chi connectivity index (χ1n) is 5.33. The van der Waals surface area contributed by atoms with Gasteiger partial charge in [0.05, 0.1) is 0 Å². The summed E-state index contributed by atoms with van der Waals surface area (Å²) >= 11 is 16.5. The highest BCUT2D eigenvalue weighted by Gasteiger charge is 2.28. The van der Waals surface area contributed by atoms with Crippen molar-refractivity contribution in [2.24, 2.45) is 0 Å². The predicted octanol–water partition coefficient (Wildman–Crippen LogP) is 4.76. The molecule has 0 unspecified atom stereocenters. The molecule has 0 fully saturated rings.